The van der Waals surface area contributed by atoms with Crippen molar-refractivity contribution in [3.8, 4) is 5.75 Å². The van der Waals surface area contributed by atoms with E-state index in [-0.39, 0.29) is 0 Å². The van der Waals surface area contributed by atoms with Crippen molar-refractivity contribution in [2.75, 3.05) is 13.7 Å². The van der Waals surface area contributed by atoms with Gasteiger partial charge in [-0.2, -0.15) is 5.10 Å². The minimum atomic E-state index is 0.717. The maximum absolute atomic E-state index is 5.70. The molecule has 0 aliphatic heterocycles. The smallest absolute Gasteiger partial charge is 0.119 e. The molecule has 0 radical (unpaired) electrons. The van der Waals surface area contributed by atoms with Gasteiger partial charge in [0.05, 0.1) is 12.8 Å². The van der Waals surface area contributed by atoms with Crippen LogP contribution in [-0.2, 0) is 19.5 Å². The van der Waals surface area contributed by atoms with Crippen molar-refractivity contribution in [1.82, 2.24) is 15.1 Å². The van der Waals surface area contributed by atoms with Gasteiger partial charge >= 0.3 is 0 Å². The Morgan fingerprint density at radius 2 is 2.05 bits per heavy atom. The highest BCUT2D eigenvalue weighted by molar-refractivity contribution is 5.21. The van der Waals surface area contributed by atoms with Gasteiger partial charge in [-0.15, -0.1) is 0 Å². The lowest BCUT2D eigenvalue weighted by Gasteiger charge is -2.09. The molecule has 1 heterocycles. The fraction of sp³-hybridized carbons (Fsp3) is 0.438. The van der Waals surface area contributed by atoms with E-state index in [9.17, 15) is 0 Å². The number of hydrogen-bond donors (Lipinski definition) is 1. The van der Waals surface area contributed by atoms with Crippen LogP contribution in [0.1, 0.15) is 24.6 Å². The van der Waals surface area contributed by atoms with E-state index in [0.29, 0.717) is 6.61 Å². The zero-order chi connectivity index (χ0) is 14.2. The summed E-state index contributed by atoms with van der Waals surface area (Å²) < 4.78 is 7.80. The van der Waals surface area contributed by atoms with Gasteiger partial charge in [-0.05, 0) is 25.6 Å². The molecule has 2 aromatic rings. The quantitative estimate of drug-likeness (QED) is 0.752. The van der Waals surface area contributed by atoms with Crippen molar-refractivity contribution < 1.29 is 4.74 Å². The first-order chi connectivity index (χ1) is 9.85. The fourth-order valence-corrected chi connectivity index (χ4v) is 2.31. The van der Waals surface area contributed by atoms with Crippen molar-refractivity contribution in [2.45, 2.75) is 32.9 Å². The molecule has 0 saturated carbocycles. The van der Waals surface area contributed by atoms with Crippen LogP contribution in [0.4, 0.5) is 0 Å². The highest BCUT2D eigenvalue weighted by Crippen LogP contribution is 2.11. The van der Waals surface area contributed by atoms with E-state index in [1.807, 2.05) is 43.6 Å². The van der Waals surface area contributed by atoms with Crippen molar-refractivity contribution in [1.29, 1.82) is 0 Å². The van der Waals surface area contributed by atoms with E-state index < -0.39 is 0 Å². The summed E-state index contributed by atoms with van der Waals surface area (Å²) in [4.78, 5) is 0. The molecule has 0 aliphatic carbocycles. The second kappa shape index (κ2) is 7.70. The number of benzene rings is 1. The Morgan fingerprint density at radius 3 is 2.75 bits per heavy atom. The van der Waals surface area contributed by atoms with Crippen LogP contribution in [0.25, 0.3) is 0 Å². The van der Waals surface area contributed by atoms with E-state index in [2.05, 4.69) is 22.0 Å². The Labute approximate surface area is 120 Å². The molecule has 1 aromatic carbocycles. The third kappa shape index (κ3) is 3.84. The number of ether oxygens (including phenoxy) is 1. The van der Waals surface area contributed by atoms with E-state index in [0.717, 1.165) is 31.7 Å². The summed E-state index contributed by atoms with van der Waals surface area (Å²) in [5.74, 6) is 0.930. The van der Waals surface area contributed by atoms with Gasteiger partial charge in [0.1, 0.15) is 5.75 Å². The van der Waals surface area contributed by atoms with E-state index in [1.165, 1.54) is 11.3 Å². The zero-order valence-electron chi connectivity index (χ0n) is 12.3. The van der Waals surface area contributed by atoms with E-state index in [4.69, 9.17) is 4.74 Å². The largest absolute Gasteiger partial charge is 0.494 e. The topological polar surface area (TPSA) is 39.1 Å². The average molecular weight is 273 g/mol. The molecule has 1 N–H and O–H groups in total. The molecule has 0 saturated heterocycles. The molecule has 1 aromatic heterocycles. The third-order valence-corrected chi connectivity index (χ3v) is 3.26. The second-order valence-electron chi connectivity index (χ2n) is 4.74. The molecule has 0 unspecified atom stereocenters. The third-order valence-electron chi connectivity index (χ3n) is 3.26. The molecule has 20 heavy (non-hydrogen) atoms. The van der Waals surface area contributed by atoms with Crippen LogP contribution in [-0.4, -0.2) is 23.4 Å². The minimum absolute atomic E-state index is 0.717. The Morgan fingerprint density at radius 1 is 1.25 bits per heavy atom. The van der Waals surface area contributed by atoms with Crippen LogP contribution in [0, 0.1) is 0 Å². The average Bonchev–Trinajstić information content (AvgIpc) is 2.87. The second-order valence-corrected chi connectivity index (χ2v) is 4.74. The molecular formula is C16H23N3O. The Bertz CT molecular complexity index is 508. The standard InChI is InChI=1S/C16H23N3O/c1-3-16-14(12-17-2)13-18-19(16)10-7-11-20-15-8-5-4-6-9-15/h4-6,8-9,13,17H,3,7,10-12H2,1-2H3. The van der Waals surface area contributed by atoms with E-state index >= 15 is 0 Å². The lowest BCUT2D eigenvalue weighted by atomic mass is 10.2. The molecule has 0 aliphatic rings. The monoisotopic (exact) mass is 273 g/mol. The first-order valence-corrected chi connectivity index (χ1v) is 7.21. The summed E-state index contributed by atoms with van der Waals surface area (Å²) in [5.41, 5.74) is 2.61. The van der Waals surface area contributed by atoms with Gasteiger partial charge in [0.2, 0.25) is 0 Å². The molecule has 0 atom stereocenters. The molecule has 4 nitrogen and oxygen atoms in total. The van der Waals surface area contributed by atoms with Crippen LogP contribution < -0.4 is 10.1 Å². The van der Waals surface area contributed by atoms with Gasteiger partial charge in [-0.3, -0.25) is 4.68 Å². The predicted molar refractivity (Wildman–Crippen MR) is 80.9 cm³/mol. The molecule has 2 rings (SSSR count). The predicted octanol–water partition coefficient (Wildman–Crippen LogP) is 2.63. The number of hydrogen-bond acceptors (Lipinski definition) is 3. The van der Waals surface area contributed by atoms with Gasteiger partial charge in [-0.25, -0.2) is 0 Å². The number of nitrogens with zero attached hydrogens (tertiary/aromatic N) is 2. The molecule has 0 fully saturated rings. The normalized spacial score (nSPS) is 10.7. The molecule has 4 heteroatoms. The summed E-state index contributed by atoms with van der Waals surface area (Å²) >= 11 is 0. The molecule has 0 amide bonds. The van der Waals surface area contributed by atoms with Gasteiger partial charge in [0, 0.05) is 30.8 Å². The van der Waals surface area contributed by atoms with Crippen LogP contribution in [0.5, 0.6) is 5.75 Å². The Hall–Kier alpha value is -1.81. The summed E-state index contributed by atoms with van der Waals surface area (Å²) in [6.07, 6.45) is 3.94. The minimum Gasteiger partial charge on any atom is -0.494 e. The summed E-state index contributed by atoms with van der Waals surface area (Å²) in [5, 5.41) is 7.65. The highest BCUT2D eigenvalue weighted by Gasteiger charge is 2.07. The first-order valence-electron chi connectivity index (χ1n) is 7.21. The molecular weight excluding hydrogens is 250 g/mol. The summed E-state index contributed by atoms with van der Waals surface area (Å²) in [7, 11) is 1.96. The summed E-state index contributed by atoms with van der Waals surface area (Å²) in [6.45, 7) is 4.67. The number of aromatic nitrogens is 2. The first kappa shape index (κ1) is 14.6. The van der Waals surface area contributed by atoms with Crippen molar-refractivity contribution in [2.24, 2.45) is 0 Å². The van der Waals surface area contributed by atoms with Gasteiger partial charge in [0.25, 0.3) is 0 Å². The number of rotatable bonds is 8. The number of nitrogens with one attached hydrogen (secondary N) is 1. The molecule has 108 valence electrons. The fourth-order valence-electron chi connectivity index (χ4n) is 2.31. The maximum atomic E-state index is 5.70. The van der Waals surface area contributed by atoms with Crippen molar-refractivity contribution in [3.63, 3.8) is 0 Å². The lowest BCUT2D eigenvalue weighted by Crippen LogP contribution is -2.11. The molecule has 0 spiro atoms. The van der Waals surface area contributed by atoms with Gasteiger partial charge in [-0.1, -0.05) is 25.1 Å². The number of aryl methyl sites for hydroxylation is 1. The van der Waals surface area contributed by atoms with Crippen LogP contribution in [0.15, 0.2) is 36.5 Å². The van der Waals surface area contributed by atoms with Crippen LogP contribution >= 0.6 is 0 Å². The van der Waals surface area contributed by atoms with Crippen LogP contribution in [0.3, 0.4) is 0 Å². The maximum Gasteiger partial charge on any atom is 0.119 e. The Balaban J connectivity index is 1.82. The number of para-hydroxylation sites is 1. The highest BCUT2D eigenvalue weighted by atomic mass is 16.5. The Kier molecular flexibility index (Phi) is 5.62. The van der Waals surface area contributed by atoms with Gasteiger partial charge < -0.3 is 10.1 Å². The van der Waals surface area contributed by atoms with Crippen LogP contribution in [0.2, 0.25) is 0 Å². The molecule has 0 bridgehead atoms. The SMILES string of the molecule is CCc1c(CNC)cnn1CCCOc1ccccc1. The van der Waals surface area contributed by atoms with E-state index in [1.54, 1.807) is 0 Å². The lowest BCUT2D eigenvalue weighted by molar-refractivity contribution is 0.297. The van der Waals surface area contributed by atoms with Gasteiger partial charge in [0.15, 0.2) is 0 Å². The zero-order valence-corrected chi connectivity index (χ0v) is 12.3. The summed E-state index contributed by atoms with van der Waals surface area (Å²) in [6, 6.07) is 9.93. The van der Waals surface area contributed by atoms with Crippen molar-refractivity contribution in [3.05, 3.63) is 47.8 Å². The van der Waals surface area contributed by atoms with Crippen molar-refractivity contribution >= 4 is 0 Å².